The third-order valence-corrected chi connectivity index (χ3v) is 4.91. The summed E-state index contributed by atoms with van der Waals surface area (Å²) in [4.78, 5) is 27.5. The molecule has 6 nitrogen and oxygen atoms in total. The van der Waals surface area contributed by atoms with E-state index in [4.69, 9.17) is 17.3 Å². The largest absolute Gasteiger partial charge is 0.385 e. The van der Waals surface area contributed by atoms with Gasteiger partial charge in [0.05, 0.1) is 11.1 Å². The van der Waals surface area contributed by atoms with Crippen molar-refractivity contribution in [1.29, 1.82) is 0 Å². The van der Waals surface area contributed by atoms with Crippen LogP contribution in [0.1, 0.15) is 46.9 Å². The molecule has 0 spiro atoms. The molecule has 0 saturated carbocycles. The number of nitrogens with two attached hydrogens (primary N) is 1. The van der Waals surface area contributed by atoms with E-state index in [0.29, 0.717) is 22.0 Å². The van der Waals surface area contributed by atoms with Gasteiger partial charge in [-0.1, -0.05) is 11.6 Å². The van der Waals surface area contributed by atoms with Gasteiger partial charge in [0.15, 0.2) is 0 Å². The normalized spacial score (nSPS) is 11.3. The molecule has 0 saturated heterocycles. The average molecular weight is 387 g/mol. The summed E-state index contributed by atoms with van der Waals surface area (Å²) in [7, 11) is 0. The second-order valence-corrected chi connectivity index (χ2v) is 7.50. The van der Waals surface area contributed by atoms with Crippen molar-refractivity contribution in [2.75, 3.05) is 5.73 Å². The van der Waals surface area contributed by atoms with Crippen LogP contribution in [0.15, 0.2) is 29.2 Å². The number of H-pyrrole nitrogens is 1. The molecule has 0 atom stereocenters. The van der Waals surface area contributed by atoms with Gasteiger partial charge in [0, 0.05) is 34.8 Å². The van der Waals surface area contributed by atoms with Crippen LogP contribution in [-0.2, 0) is 6.54 Å². The monoisotopic (exact) mass is 386 g/mol. The van der Waals surface area contributed by atoms with Crippen molar-refractivity contribution < 1.29 is 4.79 Å². The number of nitrogens with zero attached hydrogens (tertiary/aromatic N) is 1. The first kappa shape index (κ1) is 19.0. The number of nitrogens with one attached hydrogen (secondary N) is 2. The number of nitrogen functional groups attached to an aromatic ring is 1. The number of halogens is 1. The highest BCUT2D eigenvalue weighted by Crippen LogP contribution is 2.30. The van der Waals surface area contributed by atoms with Crippen LogP contribution in [0, 0.1) is 13.8 Å². The van der Waals surface area contributed by atoms with E-state index in [1.54, 1.807) is 19.1 Å². The Hall–Kier alpha value is -2.73. The maximum absolute atomic E-state index is 12.9. The number of anilines is 1. The minimum Gasteiger partial charge on any atom is -0.385 e. The Labute approximate surface area is 162 Å². The zero-order valence-electron chi connectivity index (χ0n) is 15.8. The van der Waals surface area contributed by atoms with Gasteiger partial charge in [-0.3, -0.25) is 9.59 Å². The Kier molecular flexibility index (Phi) is 5.02. The highest BCUT2D eigenvalue weighted by atomic mass is 35.5. The van der Waals surface area contributed by atoms with E-state index in [1.807, 2.05) is 19.2 Å². The summed E-state index contributed by atoms with van der Waals surface area (Å²) in [5.74, 6) is 0.0255. The fourth-order valence-corrected chi connectivity index (χ4v) is 3.60. The van der Waals surface area contributed by atoms with E-state index in [1.165, 1.54) is 0 Å². The number of aryl methyl sites for hydroxylation is 2. The summed E-state index contributed by atoms with van der Waals surface area (Å²) in [5, 5.41) is 4.20. The van der Waals surface area contributed by atoms with Crippen LogP contribution in [0.3, 0.4) is 0 Å². The molecule has 1 aromatic carbocycles. The van der Waals surface area contributed by atoms with Crippen LogP contribution in [0.2, 0.25) is 5.02 Å². The smallest absolute Gasteiger partial charge is 0.254 e. The molecule has 0 aliphatic rings. The first-order chi connectivity index (χ1) is 12.7. The van der Waals surface area contributed by atoms with Crippen LogP contribution in [-0.4, -0.2) is 15.5 Å². The summed E-state index contributed by atoms with van der Waals surface area (Å²) >= 11 is 6.28. The number of aromatic nitrogens is 2. The first-order valence-electron chi connectivity index (χ1n) is 8.76. The molecule has 0 radical (unpaired) electrons. The Balaban J connectivity index is 1.98. The van der Waals surface area contributed by atoms with Gasteiger partial charge in [-0.25, -0.2) is 0 Å². The summed E-state index contributed by atoms with van der Waals surface area (Å²) < 4.78 is 2.10. The minimum absolute atomic E-state index is 0.109. The van der Waals surface area contributed by atoms with Crippen molar-refractivity contribution in [2.45, 2.75) is 40.3 Å². The van der Waals surface area contributed by atoms with Crippen LogP contribution in [0.4, 0.5) is 5.82 Å². The molecule has 1 amide bonds. The highest BCUT2D eigenvalue weighted by Gasteiger charge is 2.18. The topological polar surface area (TPSA) is 92.9 Å². The molecule has 3 rings (SSSR count). The number of carbonyl (C=O) groups excluding carboxylic acids is 1. The number of aromatic amines is 1. The Bertz CT molecular complexity index is 1100. The highest BCUT2D eigenvalue weighted by molar-refractivity contribution is 6.32. The Morgan fingerprint density at radius 2 is 1.96 bits per heavy atom. The fraction of sp³-hybridized carbons (Fsp3) is 0.300. The van der Waals surface area contributed by atoms with Gasteiger partial charge >= 0.3 is 0 Å². The average Bonchev–Trinajstić information content (AvgIpc) is 2.89. The lowest BCUT2D eigenvalue weighted by Gasteiger charge is -2.12. The number of rotatable bonds is 4. The molecule has 3 aromatic rings. The van der Waals surface area contributed by atoms with E-state index in [-0.39, 0.29) is 24.1 Å². The van der Waals surface area contributed by atoms with Crippen LogP contribution in [0.25, 0.3) is 10.9 Å². The molecule has 0 bridgehead atoms. The molecule has 0 fully saturated rings. The van der Waals surface area contributed by atoms with Gasteiger partial charge in [-0.05, 0) is 57.0 Å². The number of amides is 1. The predicted molar refractivity (Wildman–Crippen MR) is 109 cm³/mol. The summed E-state index contributed by atoms with van der Waals surface area (Å²) in [6.45, 7) is 8.03. The van der Waals surface area contributed by atoms with Crippen molar-refractivity contribution in [3.63, 3.8) is 0 Å². The minimum atomic E-state index is -0.300. The van der Waals surface area contributed by atoms with E-state index < -0.39 is 0 Å². The zero-order valence-corrected chi connectivity index (χ0v) is 16.6. The third-order valence-electron chi connectivity index (χ3n) is 4.69. The van der Waals surface area contributed by atoms with Crippen molar-refractivity contribution in [3.05, 3.63) is 62.0 Å². The molecule has 0 aliphatic carbocycles. The molecule has 0 unspecified atom stereocenters. The molecule has 27 heavy (non-hydrogen) atoms. The quantitative estimate of drug-likeness (QED) is 0.638. The first-order valence-corrected chi connectivity index (χ1v) is 9.14. The Morgan fingerprint density at radius 1 is 1.26 bits per heavy atom. The summed E-state index contributed by atoms with van der Waals surface area (Å²) in [6.07, 6.45) is 2.03. The molecule has 142 valence electrons. The second-order valence-electron chi connectivity index (χ2n) is 7.06. The van der Waals surface area contributed by atoms with E-state index in [2.05, 4.69) is 28.7 Å². The molecule has 2 heterocycles. The molecule has 7 heteroatoms. The van der Waals surface area contributed by atoms with Gasteiger partial charge in [0.2, 0.25) is 0 Å². The third kappa shape index (κ3) is 3.57. The van der Waals surface area contributed by atoms with E-state index in [0.717, 1.165) is 22.0 Å². The van der Waals surface area contributed by atoms with Gasteiger partial charge in [-0.2, -0.15) is 0 Å². The van der Waals surface area contributed by atoms with Gasteiger partial charge < -0.3 is 20.6 Å². The number of fused-ring (bicyclic) bond motifs is 1. The van der Waals surface area contributed by atoms with E-state index >= 15 is 0 Å². The molecule has 2 aromatic heterocycles. The lowest BCUT2D eigenvalue weighted by Crippen LogP contribution is -2.28. The standard InChI is InChI=1S/C20H23ClN4O2/c1-10(2)25-9-12(4)18-14(6-13(21)7-16(18)25)19(26)23-8-15-11(3)5-17(22)24-20(15)27/h5-7,9-10H,8H2,1-4H3,(H,23,26)(H3,22,24,27). The molecular weight excluding hydrogens is 364 g/mol. The number of carbonyl (C=O) groups is 1. The number of hydrogen-bond acceptors (Lipinski definition) is 3. The van der Waals surface area contributed by atoms with E-state index in [9.17, 15) is 9.59 Å². The molecule has 0 aliphatic heterocycles. The van der Waals surface area contributed by atoms with Crippen molar-refractivity contribution >= 4 is 34.2 Å². The molecular formula is C20H23ClN4O2. The van der Waals surface area contributed by atoms with Crippen LogP contribution >= 0.6 is 11.6 Å². The maximum atomic E-state index is 12.9. The molecule has 4 N–H and O–H groups in total. The van der Waals surface area contributed by atoms with Gasteiger partial charge in [0.25, 0.3) is 11.5 Å². The second kappa shape index (κ2) is 7.12. The van der Waals surface area contributed by atoms with Gasteiger partial charge in [0.1, 0.15) is 5.82 Å². The maximum Gasteiger partial charge on any atom is 0.254 e. The number of pyridine rings is 1. The van der Waals surface area contributed by atoms with Crippen molar-refractivity contribution in [3.8, 4) is 0 Å². The van der Waals surface area contributed by atoms with Crippen molar-refractivity contribution in [1.82, 2.24) is 14.9 Å². The Morgan fingerprint density at radius 3 is 2.59 bits per heavy atom. The summed E-state index contributed by atoms with van der Waals surface area (Å²) in [6, 6.07) is 5.45. The predicted octanol–water partition coefficient (Wildman–Crippen LogP) is 3.69. The van der Waals surface area contributed by atoms with Crippen molar-refractivity contribution in [2.24, 2.45) is 0 Å². The number of hydrogen-bond donors (Lipinski definition) is 3. The van der Waals surface area contributed by atoms with Crippen LogP contribution < -0.4 is 16.6 Å². The van der Waals surface area contributed by atoms with Gasteiger partial charge in [-0.15, -0.1) is 0 Å². The fourth-order valence-electron chi connectivity index (χ4n) is 3.39. The SMILES string of the molecule is Cc1cc(N)[nH]c(=O)c1CNC(=O)c1cc(Cl)cc2c1c(C)cn2C(C)C. The lowest BCUT2D eigenvalue weighted by atomic mass is 10.1. The van der Waals surface area contributed by atoms with Crippen LogP contribution in [0.5, 0.6) is 0 Å². The number of benzene rings is 1. The zero-order chi connectivity index (χ0) is 19.9. The lowest BCUT2D eigenvalue weighted by molar-refractivity contribution is 0.0952. The summed E-state index contributed by atoms with van der Waals surface area (Å²) in [5.41, 5.74) is 8.97.